The van der Waals surface area contributed by atoms with Gasteiger partial charge >= 0.3 is 0 Å². The number of hydrogen-bond acceptors (Lipinski definition) is 4. The van der Waals surface area contributed by atoms with E-state index in [0.29, 0.717) is 6.42 Å². The van der Waals surface area contributed by atoms with Gasteiger partial charge in [-0.1, -0.05) is 42.0 Å². The summed E-state index contributed by atoms with van der Waals surface area (Å²) in [7, 11) is 5.06. The van der Waals surface area contributed by atoms with E-state index in [-0.39, 0.29) is 0 Å². The van der Waals surface area contributed by atoms with Gasteiger partial charge in [0.05, 0.1) is 14.2 Å². The maximum absolute atomic E-state index is 6.59. The molecule has 0 radical (unpaired) electrons. The molecule has 144 valence electrons. The lowest BCUT2D eigenvalue weighted by molar-refractivity contribution is -0.184. The van der Waals surface area contributed by atoms with Crippen molar-refractivity contribution >= 4 is 0 Å². The molecule has 3 rings (SSSR count). The predicted molar refractivity (Wildman–Crippen MR) is 107 cm³/mol. The van der Waals surface area contributed by atoms with Crippen LogP contribution in [0.25, 0.3) is 0 Å². The van der Waals surface area contributed by atoms with Gasteiger partial charge in [0.2, 0.25) is 5.79 Å². The maximum atomic E-state index is 6.59. The minimum absolute atomic E-state index is 0.714. The Bertz CT molecular complexity index is 822. The van der Waals surface area contributed by atoms with Crippen molar-refractivity contribution in [1.29, 1.82) is 0 Å². The number of fused-ring (bicyclic) bond motifs is 1. The largest absolute Gasteiger partial charge is 0.496 e. The molecule has 0 bridgehead atoms. The highest BCUT2D eigenvalue weighted by molar-refractivity contribution is 5.59. The molecule has 4 nitrogen and oxygen atoms in total. The van der Waals surface area contributed by atoms with E-state index >= 15 is 0 Å². The van der Waals surface area contributed by atoms with E-state index in [1.165, 1.54) is 5.57 Å². The third-order valence-electron chi connectivity index (χ3n) is 5.07. The zero-order chi connectivity index (χ0) is 19.4. The molecule has 0 saturated heterocycles. The molecule has 1 aliphatic heterocycles. The third kappa shape index (κ3) is 3.67. The van der Waals surface area contributed by atoms with E-state index in [0.717, 1.165) is 46.8 Å². The van der Waals surface area contributed by atoms with Crippen LogP contribution in [0.15, 0.2) is 48.0 Å². The van der Waals surface area contributed by atoms with Crippen molar-refractivity contribution < 1.29 is 18.9 Å². The Morgan fingerprint density at radius 2 is 1.78 bits per heavy atom. The number of rotatable bonds is 6. The molecule has 0 aromatic heterocycles. The summed E-state index contributed by atoms with van der Waals surface area (Å²) in [4.78, 5) is 0. The SMILES string of the molecule is COc1cc(OC)c2c(c1CC=C(C)C)O[C@](OC)(c1ccccc1)CC2. The van der Waals surface area contributed by atoms with Crippen LogP contribution in [-0.4, -0.2) is 21.3 Å². The van der Waals surface area contributed by atoms with E-state index in [2.05, 4.69) is 19.9 Å². The Balaban J connectivity index is 2.16. The van der Waals surface area contributed by atoms with Crippen LogP contribution in [0.4, 0.5) is 0 Å². The van der Waals surface area contributed by atoms with Crippen LogP contribution < -0.4 is 14.2 Å². The van der Waals surface area contributed by atoms with Crippen LogP contribution in [0, 0.1) is 0 Å². The molecule has 0 spiro atoms. The monoisotopic (exact) mass is 368 g/mol. The van der Waals surface area contributed by atoms with Crippen molar-refractivity contribution in [2.45, 2.75) is 38.9 Å². The van der Waals surface area contributed by atoms with Crippen LogP contribution in [0.5, 0.6) is 17.2 Å². The highest BCUT2D eigenvalue weighted by Gasteiger charge is 2.41. The summed E-state index contributed by atoms with van der Waals surface area (Å²) in [5.74, 6) is 1.55. The highest BCUT2D eigenvalue weighted by Crippen LogP contribution is 2.48. The molecule has 2 aromatic rings. The smallest absolute Gasteiger partial charge is 0.237 e. The Hall–Kier alpha value is -2.46. The fourth-order valence-corrected chi connectivity index (χ4v) is 3.59. The maximum Gasteiger partial charge on any atom is 0.237 e. The molecule has 1 heterocycles. The lowest BCUT2D eigenvalue weighted by atomic mass is 9.91. The number of benzene rings is 2. The lowest BCUT2D eigenvalue weighted by Gasteiger charge is -2.39. The average Bonchev–Trinajstić information content (AvgIpc) is 2.71. The minimum Gasteiger partial charge on any atom is -0.496 e. The lowest BCUT2D eigenvalue weighted by Crippen LogP contribution is -2.39. The fraction of sp³-hybridized carbons (Fsp3) is 0.391. The molecular weight excluding hydrogens is 340 g/mol. The van der Waals surface area contributed by atoms with Gasteiger partial charge < -0.3 is 18.9 Å². The van der Waals surface area contributed by atoms with Gasteiger partial charge in [0.15, 0.2) is 0 Å². The second-order valence-corrected chi connectivity index (χ2v) is 6.98. The standard InChI is InChI=1S/C23H28O4/c1-16(2)11-12-18-20(24-3)15-21(25-4)19-13-14-23(26-5,27-22(18)19)17-9-7-6-8-10-17/h6-11,15H,12-14H2,1-5H3/t23-/m0/s1. The van der Waals surface area contributed by atoms with Gasteiger partial charge in [-0.2, -0.15) is 0 Å². The molecule has 0 amide bonds. The Labute approximate surface area is 161 Å². The van der Waals surface area contributed by atoms with Gasteiger partial charge in [0, 0.05) is 36.3 Å². The Kier molecular flexibility index (Phi) is 5.76. The number of hydrogen-bond donors (Lipinski definition) is 0. The van der Waals surface area contributed by atoms with Crippen molar-refractivity contribution in [3.63, 3.8) is 0 Å². The van der Waals surface area contributed by atoms with Crippen molar-refractivity contribution in [3.8, 4) is 17.2 Å². The Morgan fingerprint density at radius 1 is 1.07 bits per heavy atom. The summed E-state index contributed by atoms with van der Waals surface area (Å²) in [6.07, 6.45) is 4.42. The van der Waals surface area contributed by atoms with Crippen LogP contribution in [0.2, 0.25) is 0 Å². The van der Waals surface area contributed by atoms with Gasteiger partial charge in [-0.3, -0.25) is 0 Å². The first-order chi connectivity index (χ1) is 13.0. The molecule has 0 N–H and O–H groups in total. The third-order valence-corrected chi connectivity index (χ3v) is 5.07. The summed E-state index contributed by atoms with van der Waals surface area (Å²) in [6, 6.07) is 12.1. The first kappa shape index (κ1) is 19.3. The van der Waals surface area contributed by atoms with Crippen molar-refractivity contribution in [1.82, 2.24) is 0 Å². The molecule has 0 fully saturated rings. The number of ether oxygens (including phenoxy) is 4. The fourth-order valence-electron chi connectivity index (χ4n) is 3.59. The highest BCUT2D eigenvalue weighted by atomic mass is 16.7. The zero-order valence-corrected chi connectivity index (χ0v) is 16.8. The number of allylic oxidation sites excluding steroid dienone is 2. The summed E-state index contributed by atoms with van der Waals surface area (Å²) in [6.45, 7) is 4.18. The molecule has 27 heavy (non-hydrogen) atoms. The van der Waals surface area contributed by atoms with Gasteiger partial charge in [-0.15, -0.1) is 0 Å². The normalized spacial score (nSPS) is 18.3. The molecule has 1 atom stereocenters. The van der Waals surface area contributed by atoms with Crippen LogP contribution >= 0.6 is 0 Å². The summed E-state index contributed by atoms with van der Waals surface area (Å²) in [5, 5.41) is 0. The molecule has 2 aromatic carbocycles. The van der Waals surface area contributed by atoms with Crippen molar-refractivity contribution in [2.75, 3.05) is 21.3 Å². The molecule has 1 aliphatic rings. The predicted octanol–water partition coefficient (Wildman–Crippen LogP) is 5.04. The molecule has 0 unspecified atom stereocenters. The second-order valence-electron chi connectivity index (χ2n) is 6.98. The summed E-state index contributed by atoms with van der Waals surface area (Å²) < 4.78 is 23.8. The molecule has 4 heteroatoms. The van der Waals surface area contributed by atoms with E-state index < -0.39 is 5.79 Å². The molecule has 0 saturated carbocycles. The van der Waals surface area contributed by atoms with Gasteiger partial charge in [-0.05, 0) is 26.7 Å². The molecule has 0 aliphatic carbocycles. The average molecular weight is 368 g/mol. The van der Waals surface area contributed by atoms with E-state index in [1.807, 2.05) is 36.4 Å². The van der Waals surface area contributed by atoms with Gasteiger partial charge in [0.1, 0.15) is 17.2 Å². The summed E-state index contributed by atoms with van der Waals surface area (Å²) in [5.41, 5.74) is 4.34. The van der Waals surface area contributed by atoms with Crippen molar-refractivity contribution in [3.05, 3.63) is 64.7 Å². The first-order valence-electron chi connectivity index (χ1n) is 9.24. The molecular formula is C23H28O4. The van der Waals surface area contributed by atoms with Gasteiger partial charge in [-0.25, -0.2) is 0 Å². The Morgan fingerprint density at radius 3 is 2.37 bits per heavy atom. The van der Waals surface area contributed by atoms with E-state index in [4.69, 9.17) is 18.9 Å². The van der Waals surface area contributed by atoms with Crippen LogP contribution in [0.1, 0.15) is 37.0 Å². The topological polar surface area (TPSA) is 36.9 Å². The zero-order valence-electron chi connectivity index (χ0n) is 16.8. The first-order valence-corrected chi connectivity index (χ1v) is 9.24. The van der Waals surface area contributed by atoms with Gasteiger partial charge in [0.25, 0.3) is 0 Å². The van der Waals surface area contributed by atoms with Crippen LogP contribution in [-0.2, 0) is 23.4 Å². The summed E-state index contributed by atoms with van der Waals surface area (Å²) >= 11 is 0. The second kappa shape index (κ2) is 8.05. The minimum atomic E-state index is -0.814. The van der Waals surface area contributed by atoms with E-state index in [1.54, 1.807) is 21.3 Å². The quantitative estimate of drug-likeness (QED) is 0.670. The van der Waals surface area contributed by atoms with E-state index in [9.17, 15) is 0 Å². The number of methoxy groups -OCH3 is 3. The van der Waals surface area contributed by atoms with Crippen molar-refractivity contribution in [2.24, 2.45) is 0 Å². The van der Waals surface area contributed by atoms with Crippen LogP contribution in [0.3, 0.4) is 0 Å².